The van der Waals surface area contributed by atoms with Crippen LogP contribution in [0.1, 0.15) is 50.9 Å². The highest BCUT2D eigenvalue weighted by Gasteiger charge is 2.21. The molecule has 0 saturated heterocycles. The van der Waals surface area contributed by atoms with E-state index in [0.29, 0.717) is 10.6 Å². The number of carbonyl (C=O) groups is 2. The van der Waals surface area contributed by atoms with Crippen molar-refractivity contribution in [1.82, 2.24) is 10.3 Å². The van der Waals surface area contributed by atoms with Crippen molar-refractivity contribution in [3.8, 4) is 11.3 Å². The summed E-state index contributed by atoms with van der Waals surface area (Å²) in [6.07, 6.45) is 3.30. The quantitative estimate of drug-likeness (QED) is 0.234. The van der Waals surface area contributed by atoms with E-state index >= 15 is 0 Å². The van der Waals surface area contributed by atoms with Crippen LogP contribution in [-0.4, -0.2) is 28.5 Å². The summed E-state index contributed by atoms with van der Waals surface area (Å²) in [4.78, 5) is 28.1. The fourth-order valence-electron chi connectivity index (χ4n) is 4.50. The number of carboxylic acids is 1. The summed E-state index contributed by atoms with van der Waals surface area (Å²) in [5, 5.41) is 18.7. The molecule has 4 aromatic rings. The van der Waals surface area contributed by atoms with E-state index in [2.05, 4.69) is 28.8 Å². The zero-order valence-electron chi connectivity index (χ0n) is 20.0. The first-order chi connectivity index (χ1) is 18.0. The monoisotopic (exact) mass is 531 g/mol. The number of aliphatic carboxylic acids is 1. The van der Waals surface area contributed by atoms with Gasteiger partial charge >= 0.3 is 5.97 Å². The number of carboxylic acid groups (broad SMARTS) is 1. The summed E-state index contributed by atoms with van der Waals surface area (Å²) in [5.41, 5.74) is 7.16. The number of nitrogens with zero attached hydrogens (tertiary/aromatic N) is 1. The molecule has 5 rings (SSSR count). The van der Waals surface area contributed by atoms with E-state index in [9.17, 15) is 9.59 Å². The van der Waals surface area contributed by atoms with Crippen molar-refractivity contribution in [2.24, 2.45) is 0 Å². The number of thiazole rings is 1. The Labute approximate surface area is 224 Å². The molecule has 3 N–H and O–H groups in total. The molecule has 1 aromatic heterocycles. The fourth-order valence-corrected chi connectivity index (χ4v) is 5.53. The van der Waals surface area contributed by atoms with Gasteiger partial charge in [0, 0.05) is 33.8 Å². The van der Waals surface area contributed by atoms with Gasteiger partial charge in [-0.3, -0.25) is 9.59 Å². The van der Waals surface area contributed by atoms with Crippen LogP contribution in [-0.2, 0) is 17.6 Å². The number of hydrogen-bond acceptors (Lipinski definition) is 5. The topological polar surface area (TPSA) is 91.3 Å². The van der Waals surface area contributed by atoms with Gasteiger partial charge in [-0.15, -0.1) is 11.3 Å². The second-order valence-electron chi connectivity index (χ2n) is 9.01. The number of benzene rings is 3. The maximum absolute atomic E-state index is 12.4. The molecule has 1 aliphatic rings. The lowest BCUT2D eigenvalue weighted by molar-refractivity contribution is -0.136. The molecule has 8 heteroatoms. The standard InChI is InChI=1S/C29H26ClN3O3S/c30-23-11-8-19(9-12-23)25-17-37-29(33-25)27(32-24-13-10-18-2-1-3-22(18)16-24)20-4-6-21(7-5-20)28(36)31-15-14-26(34)35/h4-13,16-17,27,32H,1-3,14-15H2,(H,31,36)(H,34,35). The zero-order valence-corrected chi connectivity index (χ0v) is 21.6. The van der Waals surface area contributed by atoms with Gasteiger partial charge in [0.15, 0.2) is 0 Å². The van der Waals surface area contributed by atoms with E-state index < -0.39 is 5.97 Å². The summed E-state index contributed by atoms with van der Waals surface area (Å²) in [6, 6.07) is 21.3. The number of anilines is 1. The van der Waals surface area contributed by atoms with Gasteiger partial charge in [0.25, 0.3) is 5.91 Å². The second kappa shape index (κ2) is 11.2. The minimum atomic E-state index is -0.947. The number of aromatic nitrogens is 1. The average Bonchev–Trinajstić information content (AvgIpc) is 3.57. The van der Waals surface area contributed by atoms with Gasteiger partial charge in [0.05, 0.1) is 12.1 Å². The van der Waals surface area contributed by atoms with E-state index in [4.69, 9.17) is 21.7 Å². The first-order valence-corrected chi connectivity index (χ1v) is 13.4. The predicted molar refractivity (Wildman–Crippen MR) is 148 cm³/mol. The lowest BCUT2D eigenvalue weighted by Gasteiger charge is -2.19. The number of fused-ring (bicyclic) bond motifs is 1. The first kappa shape index (κ1) is 25.0. The Morgan fingerprint density at radius 3 is 2.51 bits per heavy atom. The Balaban J connectivity index is 1.42. The molecular weight excluding hydrogens is 506 g/mol. The smallest absolute Gasteiger partial charge is 0.305 e. The maximum Gasteiger partial charge on any atom is 0.305 e. The summed E-state index contributed by atoms with van der Waals surface area (Å²) in [7, 11) is 0. The van der Waals surface area contributed by atoms with E-state index in [1.807, 2.05) is 41.8 Å². The molecule has 0 aliphatic heterocycles. The van der Waals surface area contributed by atoms with E-state index in [-0.39, 0.29) is 24.9 Å². The minimum absolute atomic E-state index is 0.0883. The molecule has 3 aromatic carbocycles. The Hall–Kier alpha value is -3.68. The van der Waals surface area contributed by atoms with Crippen molar-refractivity contribution in [3.05, 3.63) is 104 Å². The van der Waals surface area contributed by atoms with Crippen molar-refractivity contribution in [1.29, 1.82) is 0 Å². The molecule has 0 radical (unpaired) electrons. The molecule has 188 valence electrons. The van der Waals surface area contributed by atoms with Crippen molar-refractivity contribution in [2.75, 3.05) is 11.9 Å². The first-order valence-electron chi connectivity index (χ1n) is 12.2. The second-order valence-corrected chi connectivity index (χ2v) is 10.3. The Morgan fingerprint density at radius 2 is 1.76 bits per heavy atom. The number of rotatable bonds is 9. The summed E-state index contributed by atoms with van der Waals surface area (Å²) in [5.74, 6) is -1.24. The molecule has 0 bridgehead atoms. The molecule has 0 spiro atoms. The number of carbonyl (C=O) groups excluding carboxylic acids is 1. The molecule has 0 saturated carbocycles. The van der Waals surface area contributed by atoms with Crippen LogP contribution >= 0.6 is 22.9 Å². The fraction of sp³-hybridized carbons (Fsp3) is 0.207. The van der Waals surface area contributed by atoms with Gasteiger partial charge in [-0.05, 0) is 72.4 Å². The third kappa shape index (κ3) is 6.01. The van der Waals surface area contributed by atoms with Crippen molar-refractivity contribution in [2.45, 2.75) is 31.7 Å². The van der Waals surface area contributed by atoms with Crippen LogP contribution in [0.4, 0.5) is 5.69 Å². The maximum atomic E-state index is 12.4. The van der Waals surface area contributed by atoms with Crippen LogP contribution in [0.2, 0.25) is 5.02 Å². The Kier molecular flexibility index (Phi) is 7.53. The SMILES string of the molecule is O=C(O)CCNC(=O)c1ccc(C(Nc2ccc3c(c2)CCC3)c2nc(-c3ccc(Cl)cc3)cs2)cc1. The molecule has 1 aliphatic carbocycles. The number of halogens is 1. The van der Waals surface area contributed by atoms with Crippen LogP contribution < -0.4 is 10.6 Å². The number of amides is 1. The minimum Gasteiger partial charge on any atom is -0.481 e. The Morgan fingerprint density at radius 1 is 1.00 bits per heavy atom. The molecule has 1 atom stereocenters. The van der Waals surface area contributed by atoms with Crippen LogP contribution in [0.15, 0.2) is 72.1 Å². The van der Waals surface area contributed by atoms with Crippen LogP contribution in [0, 0.1) is 0 Å². The molecule has 1 unspecified atom stereocenters. The van der Waals surface area contributed by atoms with E-state index in [0.717, 1.165) is 40.4 Å². The highest BCUT2D eigenvalue weighted by molar-refractivity contribution is 7.10. The highest BCUT2D eigenvalue weighted by Crippen LogP contribution is 2.34. The van der Waals surface area contributed by atoms with Crippen molar-refractivity contribution >= 4 is 40.5 Å². The van der Waals surface area contributed by atoms with Crippen LogP contribution in [0.25, 0.3) is 11.3 Å². The van der Waals surface area contributed by atoms with Crippen molar-refractivity contribution in [3.63, 3.8) is 0 Å². The zero-order chi connectivity index (χ0) is 25.8. The molecule has 37 heavy (non-hydrogen) atoms. The van der Waals surface area contributed by atoms with Gasteiger partial charge in [-0.2, -0.15) is 0 Å². The van der Waals surface area contributed by atoms with E-state index in [1.54, 1.807) is 23.5 Å². The summed E-state index contributed by atoms with van der Waals surface area (Å²) < 4.78 is 0. The molecule has 0 fully saturated rings. The lowest BCUT2D eigenvalue weighted by Crippen LogP contribution is -2.26. The number of hydrogen-bond donors (Lipinski definition) is 3. The third-order valence-corrected chi connectivity index (χ3v) is 7.61. The molecule has 1 heterocycles. The number of aryl methyl sites for hydroxylation is 2. The molecule has 6 nitrogen and oxygen atoms in total. The van der Waals surface area contributed by atoms with Gasteiger partial charge in [0.2, 0.25) is 0 Å². The third-order valence-electron chi connectivity index (χ3n) is 6.45. The predicted octanol–water partition coefficient (Wildman–Crippen LogP) is 6.36. The summed E-state index contributed by atoms with van der Waals surface area (Å²) in [6.45, 7) is 0.0883. The van der Waals surface area contributed by atoms with Gasteiger partial charge < -0.3 is 15.7 Å². The highest BCUT2D eigenvalue weighted by atomic mass is 35.5. The van der Waals surface area contributed by atoms with Crippen LogP contribution in [0.3, 0.4) is 0 Å². The summed E-state index contributed by atoms with van der Waals surface area (Å²) >= 11 is 7.64. The Bertz CT molecular complexity index is 1420. The number of nitrogens with one attached hydrogen (secondary N) is 2. The van der Waals surface area contributed by atoms with Crippen molar-refractivity contribution < 1.29 is 14.7 Å². The van der Waals surface area contributed by atoms with Gasteiger partial charge in [0.1, 0.15) is 11.0 Å². The normalized spacial score (nSPS) is 13.1. The van der Waals surface area contributed by atoms with Gasteiger partial charge in [-0.1, -0.05) is 41.9 Å². The van der Waals surface area contributed by atoms with E-state index in [1.165, 1.54) is 17.5 Å². The largest absolute Gasteiger partial charge is 0.481 e. The molecule has 1 amide bonds. The molecular formula is C29H26ClN3O3S. The van der Waals surface area contributed by atoms with Crippen LogP contribution in [0.5, 0.6) is 0 Å². The lowest BCUT2D eigenvalue weighted by atomic mass is 10.0. The van der Waals surface area contributed by atoms with Gasteiger partial charge in [-0.25, -0.2) is 4.98 Å². The average molecular weight is 532 g/mol.